The van der Waals surface area contributed by atoms with Gasteiger partial charge in [-0.25, -0.2) is 0 Å². The second kappa shape index (κ2) is 3.46. The molecule has 1 atom stereocenters. The first-order valence-corrected chi connectivity index (χ1v) is 4.45. The molecule has 0 saturated carbocycles. The second-order valence-corrected chi connectivity index (χ2v) is 4.28. The third kappa shape index (κ3) is 2.81. The lowest BCUT2D eigenvalue weighted by molar-refractivity contribution is -0.111. The molecular weight excluding hydrogens is 164 g/mol. The van der Waals surface area contributed by atoms with Gasteiger partial charge in [-0.05, 0) is 26.8 Å². The van der Waals surface area contributed by atoms with E-state index in [1.165, 1.54) is 0 Å². The third-order valence-corrected chi connectivity index (χ3v) is 1.94. The van der Waals surface area contributed by atoms with Gasteiger partial charge in [0, 0.05) is 11.5 Å². The summed E-state index contributed by atoms with van der Waals surface area (Å²) in [4.78, 5) is 11.1. The SMILES string of the molecule is C=C1C(=O)C=CC1COC(C)(C)C. The Labute approximate surface area is 79.3 Å². The zero-order valence-corrected chi connectivity index (χ0v) is 8.46. The fourth-order valence-electron chi connectivity index (χ4n) is 1.11. The van der Waals surface area contributed by atoms with Crippen LogP contribution >= 0.6 is 0 Å². The molecule has 0 aromatic heterocycles. The summed E-state index contributed by atoms with van der Waals surface area (Å²) in [5.74, 6) is 0.106. The van der Waals surface area contributed by atoms with Gasteiger partial charge in [-0.3, -0.25) is 4.79 Å². The van der Waals surface area contributed by atoms with Gasteiger partial charge >= 0.3 is 0 Å². The standard InChI is InChI=1S/C11H16O2/c1-8-9(5-6-10(8)12)7-13-11(2,3)4/h5-6,9H,1,7H2,2-4H3. The molecule has 0 amide bonds. The number of hydrogen-bond acceptors (Lipinski definition) is 2. The lowest BCUT2D eigenvalue weighted by Crippen LogP contribution is -2.23. The number of carbonyl (C=O) groups is 1. The fraction of sp³-hybridized carbons (Fsp3) is 0.545. The Morgan fingerprint density at radius 2 is 2.15 bits per heavy atom. The summed E-state index contributed by atoms with van der Waals surface area (Å²) < 4.78 is 5.57. The molecule has 13 heavy (non-hydrogen) atoms. The van der Waals surface area contributed by atoms with Gasteiger partial charge in [0.05, 0.1) is 12.2 Å². The molecule has 0 aromatic carbocycles. The monoisotopic (exact) mass is 180 g/mol. The van der Waals surface area contributed by atoms with E-state index in [2.05, 4.69) is 6.58 Å². The van der Waals surface area contributed by atoms with Crippen LogP contribution in [-0.4, -0.2) is 18.0 Å². The van der Waals surface area contributed by atoms with E-state index in [1.54, 1.807) is 6.08 Å². The van der Waals surface area contributed by atoms with Crippen LogP contribution in [0.5, 0.6) is 0 Å². The Morgan fingerprint density at radius 1 is 1.54 bits per heavy atom. The largest absolute Gasteiger partial charge is 0.375 e. The Bertz CT molecular complexity index is 256. The Kier molecular flexibility index (Phi) is 2.71. The van der Waals surface area contributed by atoms with Crippen molar-refractivity contribution in [1.82, 2.24) is 0 Å². The second-order valence-electron chi connectivity index (χ2n) is 4.28. The molecule has 1 rings (SSSR count). The fourth-order valence-corrected chi connectivity index (χ4v) is 1.11. The molecule has 0 heterocycles. The van der Waals surface area contributed by atoms with Crippen molar-refractivity contribution in [2.24, 2.45) is 5.92 Å². The van der Waals surface area contributed by atoms with E-state index >= 15 is 0 Å². The first kappa shape index (κ1) is 10.2. The molecule has 1 aliphatic rings. The summed E-state index contributed by atoms with van der Waals surface area (Å²) in [6, 6.07) is 0. The predicted octanol–water partition coefficient (Wildman–Crippen LogP) is 2.11. The predicted molar refractivity (Wildman–Crippen MR) is 52.5 cm³/mol. The highest BCUT2D eigenvalue weighted by molar-refractivity contribution is 6.06. The van der Waals surface area contributed by atoms with E-state index in [0.717, 1.165) is 0 Å². The van der Waals surface area contributed by atoms with Gasteiger partial charge in [-0.15, -0.1) is 0 Å². The van der Waals surface area contributed by atoms with Crippen molar-refractivity contribution in [3.63, 3.8) is 0 Å². The Hall–Kier alpha value is -0.890. The highest BCUT2D eigenvalue weighted by atomic mass is 16.5. The molecule has 0 saturated heterocycles. The van der Waals surface area contributed by atoms with Gasteiger partial charge in [0.2, 0.25) is 0 Å². The van der Waals surface area contributed by atoms with Gasteiger partial charge in [-0.2, -0.15) is 0 Å². The molecule has 1 unspecified atom stereocenters. The van der Waals surface area contributed by atoms with Crippen LogP contribution in [0.1, 0.15) is 20.8 Å². The maximum absolute atomic E-state index is 11.1. The van der Waals surface area contributed by atoms with Crippen molar-refractivity contribution in [1.29, 1.82) is 0 Å². The van der Waals surface area contributed by atoms with Gasteiger partial charge in [0.1, 0.15) is 0 Å². The quantitative estimate of drug-likeness (QED) is 0.608. The molecule has 0 fully saturated rings. The van der Waals surface area contributed by atoms with Crippen LogP contribution in [0.2, 0.25) is 0 Å². The van der Waals surface area contributed by atoms with E-state index in [1.807, 2.05) is 26.8 Å². The number of ether oxygens (including phenoxy) is 1. The van der Waals surface area contributed by atoms with Crippen molar-refractivity contribution in [3.05, 3.63) is 24.3 Å². The van der Waals surface area contributed by atoms with Gasteiger partial charge in [0.15, 0.2) is 5.78 Å². The van der Waals surface area contributed by atoms with Crippen LogP contribution < -0.4 is 0 Å². The normalized spacial score (nSPS) is 22.8. The molecule has 0 spiro atoms. The number of carbonyl (C=O) groups excluding carboxylic acids is 1. The van der Waals surface area contributed by atoms with E-state index in [0.29, 0.717) is 12.2 Å². The van der Waals surface area contributed by atoms with E-state index in [9.17, 15) is 4.79 Å². The highest BCUT2D eigenvalue weighted by Crippen LogP contribution is 2.21. The molecule has 72 valence electrons. The maximum atomic E-state index is 11.1. The molecule has 1 aliphatic carbocycles. The molecule has 0 bridgehead atoms. The van der Waals surface area contributed by atoms with Crippen LogP contribution in [0.15, 0.2) is 24.3 Å². The lowest BCUT2D eigenvalue weighted by atomic mass is 10.0. The van der Waals surface area contributed by atoms with Crippen molar-refractivity contribution >= 4 is 5.78 Å². The number of hydrogen-bond donors (Lipinski definition) is 0. The molecule has 0 radical (unpaired) electrons. The summed E-state index contributed by atoms with van der Waals surface area (Å²) in [7, 11) is 0. The van der Waals surface area contributed by atoms with Crippen LogP contribution in [0, 0.1) is 5.92 Å². The van der Waals surface area contributed by atoms with Crippen LogP contribution in [0.25, 0.3) is 0 Å². The van der Waals surface area contributed by atoms with E-state index in [-0.39, 0.29) is 17.3 Å². The van der Waals surface area contributed by atoms with Crippen LogP contribution in [0.3, 0.4) is 0 Å². The number of ketones is 1. The average Bonchev–Trinajstić information content (AvgIpc) is 2.29. The van der Waals surface area contributed by atoms with E-state index < -0.39 is 0 Å². The molecule has 2 heteroatoms. The minimum Gasteiger partial charge on any atom is -0.375 e. The minimum absolute atomic E-state index is 0.0301. The zero-order chi connectivity index (χ0) is 10.1. The highest BCUT2D eigenvalue weighted by Gasteiger charge is 2.22. The molecular formula is C11H16O2. The molecule has 0 aliphatic heterocycles. The molecule has 0 N–H and O–H groups in total. The van der Waals surface area contributed by atoms with Gasteiger partial charge < -0.3 is 4.74 Å². The average molecular weight is 180 g/mol. The van der Waals surface area contributed by atoms with Crippen molar-refractivity contribution in [2.75, 3.05) is 6.61 Å². The Balaban J connectivity index is 2.44. The summed E-state index contributed by atoms with van der Waals surface area (Å²) in [6.45, 7) is 10.3. The summed E-state index contributed by atoms with van der Waals surface area (Å²) in [6.07, 6.45) is 3.43. The third-order valence-electron chi connectivity index (χ3n) is 1.94. The number of rotatable bonds is 2. The van der Waals surface area contributed by atoms with Crippen molar-refractivity contribution < 1.29 is 9.53 Å². The molecule has 2 nitrogen and oxygen atoms in total. The van der Waals surface area contributed by atoms with Gasteiger partial charge in [-0.1, -0.05) is 12.7 Å². The minimum atomic E-state index is -0.153. The lowest BCUT2D eigenvalue weighted by Gasteiger charge is -2.21. The smallest absolute Gasteiger partial charge is 0.181 e. The summed E-state index contributed by atoms with van der Waals surface area (Å²) >= 11 is 0. The van der Waals surface area contributed by atoms with Crippen LogP contribution in [0.4, 0.5) is 0 Å². The first-order valence-electron chi connectivity index (χ1n) is 4.45. The van der Waals surface area contributed by atoms with Crippen molar-refractivity contribution in [3.8, 4) is 0 Å². The Morgan fingerprint density at radius 3 is 2.54 bits per heavy atom. The molecule has 0 aromatic rings. The first-order chi connectivity index (χ1) is 5.90. The topological polar surface area (TPSA) is 26.3 Å². The summed E-state index contributed by atoms with van der Waals surface area (Å²) in [5.41, 5.74) is 0.490. The maximum Gasteiger partial charge on any atom is 0.181 e. The van der Waals surface area contributed by atoms with E-state index in [4.69, 9.17) is 4.74 Å². The van der Waals surface area contributed by atoms with Gasteiger partial charge in [0.25, 0.3) is 0 Å². The summed E-state index contributed by atoms with van der Waals surface area (Å²) in [5, 5.41) is 0. The van der Waals surface area contributed by atoms with Crippen LogP contribution in [-0.2, 0) is 9.53 Å². The van der Waals surface area contributed by atoms with Crippen molar-refractivity contribution in [2.45, 2.75) is 26.4 Å². The number of allylic oxidation sites excluding steroid dienone is 1. The zero-order valence-electron chi connectivity index (χ0n) is 8.46.